The van der Waals surface area contributed by atoms with Crippen molar-refractivity contribution in [2.24, 2.45) is 0 Å². The van der Waals surface area contributed by atoms with E-state index < -0.39 is 5.97 Å². The summed E-state index contributed by atoms with van der Waals surface area (Å²) in [6.45, 7) is 0.921. The summed E-state index contributed by atoms with van der Waals surface area (Å²) in [5, 5.41) is 10.7. The van der Waals surface area contributed by atoms with Gasteiger partial charge in [-0.05, 0) is 37.5 Å². The molecule has 2 rings (SSSR count). The molecular weight excluding hydrogens is 256 g/mol. The van der Waals surface area contributed by atoms with Gasteiger partial charge in [0.2, 0.25) is 0 Å². The molecule has 1 fully saturated rings. The van der Waals surface area contributed by atoms with E-state index >= 15 is 0 Å². The smallest absolute Gasteiger partial charge is 0.345 e. The fourth-order valence-electron chi connectivity index (χ4n) is 1.88. The van der Waals surface area contributed by atoms with E-state index in [1.54, 1.807) is 17.8 Å². The van der Waals surface area contributed by atoms with Crippen LogP contribution in [0.5, 0.6) is 0 Å². The second kappa shape index (κ2) is 6.42. The van der Waals surface area contributed by atoms with Gasteiger partial charge in [-0.25, -0.2) is 4.79 Å². The highest BCUT2D eigenvalue weighted by Gasteiger charge is 2.14. The van der Waals surface area contributed by atoms with Gasteiger partial charge in [-0.3, -0.25) is 0 Å². The highest BCUT2D eigenvalue weighted by atomic mass is 32.2. The number of carboxylic acids is 1. The first kappa shape index (κ1) is 12.9. The molecule has 94 valence electrons. The van der Waals surface area contributed by atoms with E-state index in [9.17, 15) is 4.79 Å². The normalized spacial score (nSPS) is 19.6. The number of hydrogen-bond acceptors (Lipinski definition) is 4. The van der Waals surface area contributed by atoms with Gasteiger partial charge in [-0.1, -0.05) is 0 Å². The molecule has 1 atom stereocenters. The zero-order valence-electron chi connectivity index (χ0n) is 9.55. The fourth-order valence-corrected chi connectivity index (χ4v) is 3.73. The topological polar surface area (TPSA) is 46.5 Å². The third-order valence-electron chi connectivity index (χ3n) is 2.75. The van der Waals surface area contributed by atoms with Crippen molar-refractivity contribution >= 4 is 29.1 Å². The molecule has 0 bridgehead atoms. The van der Waals surface area contributed by atoms with Gasteiger partial charge in [0, 0.05) is 16.9 Å². The molecule has 0 aliphatic carbocycles. The van der Waals surface area contributed by atoms with Crippen molar-refractivity contribution in [1.29, 1.82) is 0 Å². The number of thiophene rings is 1. The summed E-state index contributed by atoms with van der Waals surface area (Å²) in [4.78, 5) is 12.2. The summed E-state index contributed by atoms with van der Waals surface area (Å²) in [5.74, 6) is 0.205. The van der Waals surface area contributed by atoms with Gasteiger partial charge < -0.3 is 9.84 Å². The molecule has 1 aliphatic rings. The van der Waals surface area contributed by atoms with E-state index in [0.29, 0.717) is 11.0 Å². The average molecular weight is 272 g/mol. The number of thioether (sulfide) groups is 1. The average Bonchev–Trinajstić information content (AvgIpc) is 2.96. The van der Waals surface area contributed by atoms with E-state index in [1.165, 1.54) is 24.2 Å². The van der Waals surface area contributed by atoms with E-state index in [4.69, 9.17) is 9.84 Å². The lowest BCUT2D eigenvalue weighted by atomic mass is 10.1. The first-order chi connectivity index (χ1) is 8.25. The Balaban J connectivity index is 1.65. The largest absolute Gasteiger partial charge is 0.477 e. The molecule has 0 radical (unpaired) electrons. The first-order valence-electron chi connectivity index (χ1n) is 5.82. The molecule has 5 heteroatoms. The van der Waals surface area contributed by atoms with Crippen LogP contribution in [0, 0.1) is 0 Å². The van der Waals surface area contributed by atoms with Crippen molar-refractivity contribution in [3.63, 3.8) is 0 Å². The van der Waals surface area contributed by atoms with Crippen LogP contribution in [0.3, 0.4) is 0 Å². The Bertz CT molecular complexity index is 370. The van der Waals surface area contributed by atoms with Crippen LogP contribution in [-0.4, -0.2) is 29.5 Å². The number of carbonyl (C=O) groups is 1. The van der Waals surface area contributed by atoms with Crippen molar-refractivity contribution in [2.75, 3.05) is 12.4 Å². The quantitative estimate of drug-likeness (QED) is 0.636. The number of aromatic carboxylic acids is 1. The summed E-state index contributed by atoms with van der Waals surface area (Å²) in [6, 6.07) is 1.75. The Kier molecular flexibility index (Phi) is 4.88. The molecule has 1 aromatic rings. The van der Waals surface area contributed by atoms with Gasteiger partial charge >= 0.3 is 5.97 Å². The molecular formula is C12H16O3S2. The van der Waals surface area contributed by atoms with Gasteiger partial charge in [0.25, 0.3) is 0 Å². The SMILES string of the molecule is O=C(O)c1cc(SCCCC2CCCO2)cs1. The predicted molar refractivity (Wildman–Crippen MR) is 70.2 cm³/mol. The molecule has 0 aromatic carbocycles. The van der Waals surface area contributed by atoms with Crippen LogP contribution in [0.25, 0.3) is 0 Å². The molecule has 1 saturated heterocycles. The second-order valence-corrected chi connectivity index (χ2v) is 6.16. The van der Waals surface area contributed by atoms with Crippen molar-refractivity contribution in [2.45, 2.75) is 36.7 Å². The molecule has 2 heterocycles. The van der Waals surface area contributed by atoms with Gasteiger partial charge in [0.15, 0.2) is 0 Å². The number of rotatable bonds is 6. The summed E-state index contributed by atoms with van der Waals surface area (Å²) in [5.41, 5.74) is 0. The van der Waals surface area contributed by atoms with Gasteiger partial charge in [0.05, 0.1) is 6.10 Å². The van der Waals surface area contributed by atoms with Crippen LogP contribution in [0.2, 0.25) is 0 Å². The molecule has 0 saturated carbocycles. The minimum atomic E-state index is -0.832. The van der Waals surface area contributed by atoms with Crippen LogP contribution in [0.15, 0.2) is 16.3 Å². The number of carboxylic acid groups (broad SMARTS) is 1. The molecule has 1 N–H and O–H groups in total. The summed E-state index contributed by atoms with van der Waals surface area (Å²) in [7, 11) is 0. The lowest BCUT2D eigenvalue weighted by Gasteiger charge is -2.07. The highest BCUT2D eigenvalue weighted by Crippen LogP contribution is 2.26. The molecule has 0 amide bonds. The maximum absolute atomic E-state index is 10.7. The zero-order valence-corrected chi connectivity index (χ0v) is 11.2. The Hall–Kier alpha value is -0.520. The lowest BCUT2D eigenvalue weighted by Crippen LogP contribution is -2.04. The van der Waals surface area contributed by atoms with E-state index in [2.05, 4.69) is 0 Å². The van der Waals surface area contributed by atoms with Crippen molar-refractivity contribution in [1.82, 2.24) is 0 Å². The van der Waals surface area contributed by atoms with Crippen LogP contribution in [0.1, 0.15) is 35.4 Å². The standard InChI is InChI=1S/C12H16O3S2/c13-12(14)11-7-10(8-17-11)16-6-2-4-9-3-1-5-15-9/h7-9H,1-6H2,(H,13,14). The van der Waals surface area contributed by atoms with Crippen molar-refractivity contribution < 1.29 is 14.6 Å². The van der Waals surface area contributed by atoms with E-state index in [-0.39, 0.29) is 0 Å². The van der Waals surface area contributed by atoms with Gasteiger partial charge in [-0.15, -0.1) is 23.1 Å². The summed E-state index contributed by atoms with van der Waals surface area (Å²) >= 11 is 3.03. The van der Waals surface area contributed by atoms with E-state index in [1.807, 2.05) is 5.38 Å². The summed E-state index contributed by atoms with van der Waals surface area (Å²) < 4.78 is 5.56. The zero-order chi connectivity index (χ0) is 12.1. The fraction of sp³-hybridized carbons (Fsp3) is 0.583. The van der Waals surface area contributed by atoms with Gasteiger partial charge in [-0.2, -0.15) is 0 Å². The molecule has 1 unspecified atom stereocenters. The van der Waals surface area contributed by atoms with Gasteiger partial charge in [0.1, 0.15) is 4.88 Å². The Morgan fingerprint density at radius 2 is 2.53 bits per heavy atom. The van der Waals surface area contributed by atoms with Crippen LogP contribution < -0.4 is 0 Å². The monoisotopic (exact) mass is 272 g/mol. The minimum Gasteiger partial charge on any atom is -0.477 e. The minimum absolute atomic E-state index is 0.423. The lowest BCUT2D eigenvalue weighted by molar-refractivity contribution is 0.0702. The maximum Gasteiger partial charge on any atom is 0.345 e. The van der Waals surface area contributed by atoms with Crippen LogP contribution in [-0.2, 0) is 4.74 Å². The van der Waals surface area contributed by atoms with Crippen LogP contribution >= 0.6 is 23.1 Å². The molecule has 3 nitrogen and oxygen atoms in total. The number of hydrogen-bond donors (Lipinski definition) is 1. The third kappa shape index (κ3) is 4.01. The Morgan fingerprint density at radius 1 is 1.65 bits per heavy atom. The van der Waals surface area contributed by atoms with E-state index in [0.717, 1.165) is 30.1 Å². The first-order valence-corrected chi connectivity index (χ1v) is 7.68. The molecule has 1 aliphatic heterocycles. The molecule has 1 aromatic heterocycles. The number of ether oxygens (including phenoxy) is 1. The maximum atomic E-state index is 10.7. The predicted octanol–water partition coefficient (Wildman–Crippen LogP) is 3.50. The van der Waals surface area contributed by atoms with Crippen molar-refractivity contribution in [3.8, 4) is 0 Å². The highest BCUT2D eigenvalue weighted by molar-refractivity contribution is 7.99. The Morgan fingerprint density at radius 3 is 3.18 bits per heavy atom. The second-order valence-electron chi connectivity index (χ2n) is 4.08. The summed E-state index contributed by atoms with van der Waals surface area (Å²) in [6.07, 6.45) is 5.13. The van der Waals surface area contributed by atoms with Crippen LogP contribution in [0.4, 0.5) is 0 Å². The third-order valence-corrected chi connectivity index (χ3v) is 4.88. The molecule has 0 spiro atoms. The molecule has 17 heavy (non-hydrogen) atoms. The van der Waals surface area contributed by atoms with Crippen molar-refractivity contribution in [3.05, 3.63) is 16.3 Å². The Labute approximate surface area is 109 Å².